The topological polar surface area (TPSA) is 65.8 Å². The summed E-state index contributed by atoms with van der Waals surface area (Å²) in [6.07, 6.45) is 8.90. The second-order valence-corrected chi connectivity index (χ2v) is 9.50. The molecule has 1 unspecified atom stereocenters. The number of hydrogen-bond donors (Lipinski definition) is 0. The molecule has 3 heterocycles. The van der Waals surface area contributed by atoms with Gasteiger partial charge in [0, 0.05) is 38.3 Å². The Hall–Kier alpha value is -2.10. The van der Waals surface area contributed by atoms with Crippen LogP contribution in [0.15, 0.2) is 24.3 Å². The van der Waals surface area contributed by atoms with Crippen molar-refractivity contribution in [2.24, 2.45) is 11.8 Å². The Bertz CT molecular complexity index is 779. The third-order valence-corrected chi connectivity index (χ3v) is 7.47. The first kappa shape index (κ1) is 23.1. The van der Waals surface area contributed by atoms with Gasteiger partial charge in [-0.15, -0.1) is 0 Å². The molecule has 0 N–H and O–H groups in total. The van der Waals surface area contributed by atoms with E-state index in [0.717, 1.165) is 83.7 Å². The maximum atomic E-state index is 13.4. The van der Waals surface area contributed by atoms with Gasteiger partial charge in [0.1, 0.15) is 12.4 Å². The van der Waals surface area contributed by atoms with E-state index in [0.29, 0.717) is 30.0 Å². The summed E-state index contributed by atoms with van der Waals surface area (Å²) in [6.45, 7) is 6.09. The van der Waals surface area contributed by atoms with Gasteiger partial charge in [-0.1, -0.05) is 18.9 Å². The van der Waals surface area contributed by atoms with E-state index in [1.807, 2.05) is 12.1 Å². The molecule has 3 saturated heterocycles. The van der Waals surface area contributed by atoms with Crippen molar-refractivity contribution in [3.8, 4) is 11.8 Å². The summed E-state index contributed by atoms with van der Waals surface area (Å²) in [5, 5.41) is 9.02. The lowest BCUT2D eigenvalue weighted by atomic mass is 9.85. The number of carbonyl (C=O) groups excluding carboxylic acids is 1. The summed E-state index contributed by atoms with van der Waals surface area (Å²) in [5.41, 5.74) is 0.631. The zero-order chi connectivity index (χ0) is 22.2. The normalized spacial score (nSPS) is 24.0. The van der Waals surface area contributed by atoms with E-state index >= 15 is 0 Å². The number of carbonyl (C=O) groups is 1. The van der Waals surface area contributed by atoms with Gasteiger partial charge in [-0.2, -0.15) is 5.26 Å². The second-order valence-electron chi connectivity index (χ2n) is 9.50. The standard InChI is InChI=1S/C26H37N3O3/c27-20-21-5-4-6-24(19-21)32-18-15-28-13-8-22(9-14-28)25-7-2-1-3-12-29(25)26(30)23-10-16-31-17-11-23/h4-6,19,22-23,25H,1-3,7-18H2. The lowest BCUT2D eigenvalue weighted by molar-refractivity contribution is -0.142. The van der Waals surface area contributed by atoms with Gasteiger partial charge in [0.15, 0.2) is 0 Å². The Labute approximate surface area is 192 Å². The number of nitriles is 1. The molecule has 0 saturated carbocycles. The lowest BCUT2D eigenvalue weighted by Crippen LogP contribution is -2.50. The Balaban J connectivity index is 1.26. The molecule has 174 valence electrons. The van der Waals surface area contributed by atoms with E-state index < -0.39 is 0 Å². The fourth-order valence-electron chi connectivity index (χ4n) is 5.59. The van der Waals surface area contributed by atoms with Crippen LogP contribution in [0.4, 0.5) is 0 Å². The summed E-state index contributed by atoms with van der Waals surface area (Å²) in [7, 11) is 0. The molecule has 6 heteroatoms. The molecular formula is C26H37N3O3. The summed E-state index contributed by atoms with van der Waals surface area (Å²) >= 11 is 0. The lowest BCUT2D eigenvalue weighted by Gasteiger charge is -2.42. The van der Waals surface area contributed by atoms with Crippen molar-refractivity contribution in [2.75, 3.05) is 46.0 Å². The highest BCUT2D eigenvalue weighted by molar-refractivity contribution is 5.79. The van der Waals surface area contributed by atoms with E-state index in [2.05, 4.69) is 15.9 Å². The number of likely N-dealkylation sites (tertiary alicyclic amines) is 2. The van der Waals surface area contributed by atoms with E-state index in [9.17, 15) is 4.79 Å². The van der Waals surface area contributed by atoms with Crippen LogP contribution in [0, 0.1) is 23.2 Å². The van der Waals surface area contributed by atoms with E-state index in [1.165, 1.54) is 12.8 Å². The van der Waals surface area contributed by atoms with Gasteiger partial charge in [0.2, 0.25) is 5.91 Å². The summed E-state index contributed by atoms with van der Waals surface area (Å²) in [5.74, 6) is 1.94. The monoisotopic (exact) mass is 439 g/mol. The molecule has 32 heavy (non-hydrogen) atoms. The molecular weight excluding hydrogens is 402 g/mol. The number of rotatable bonds is 6. The van der Waals surface area contributed by atoms with Crippen LogP contribution in [0.25, 0.3) is 0 Å². The first-order valence-electron chi connectivity index (χ1n) is 12.5. The van der Waals surface area contributed by atoms with E-state index in [4.69, 9.17) is 14.7 Å². The minimum absolute atomic E-state index is 0.168. The summed E-state index contributed by atoms with van der Waals surface area (Å²) in [6, 6.07) is 9.93. The zero-order valence-electron chi connectivity index (χ0n) is 19.2. The number of piperidine rings is 1. The highest BCUT2D eigenvalue weighted by Gasteiger charge is 2.36. The van der Waals surface area contributed by atoms with Gasteiger partial charge < -0.3 is 14.4 Å². The fourth-order valence-corrected chi connectivity index (χ4v) is 5.59. The van der Waals surface area contributed by atoms with Gasteiger partial charge in [-0.05, 0) is 75.7 Å². The van der Waals surface area contributed by atoms with Crippen molar-refractivity contribution in [2.45, 2.75) is 57.4 Å². The highest BCUT2D eigenvalue weighted by atomic mass is 16.5. The maximum Gasteiger partial charge on any atom is 0.226 e. The molecule has 3 aliphatic rings. The first-order valence-corrected chi connectivity index (χ1v) is 12.5. The van der Waals surface area contributed by atoms with Crippen molar-refractivity contribution in [3.63, 3.8) is 0 Å². The van der Waals surface area contributed by atoms with Gasteiger partial charge in [0.05, 0.1) is 11.6 Å². The Morgan fingerprint density at radius 2 is 1.88 bits per heavy atom. The second kappa shape index (κ2) is 11.7. The van der Waals surface area contributed by atoms with Crippen molar-refractivity contribution < 1.29 is 14.3 Å². The van der Waals surface area contributed by atoms with Crippen LogP contribution < -0.4 is 4.74 Å². The minimum Gasteiger partial charge on any atom is -0.492 e. The van der Waals surface area contributed by atoms with E-state index in [-0.39, 0.29) is 5.92 Å². The average molecular weight is 440 g/mol. The van der Waals surface area contributed by atoms with Crippen LogP contribution in [-0.4, -0.2) is 67.7 Å². The highest BCUT2D eigenvalue weighted by Crippen LogP contribution is 2.32. The SMILES string of the molecule is N#Cc1cccc(OCCN2CCC(C3CCCCCN3C(=O)C3CCOCC3)CC2)c1. The smallest absolute Gasteiger partial charge is 0.226 e. The number of ether oxygens (including phenoxy) is 2. The molecule has 1 aromatic carbocycles. The number of nitrogens with zero attached hydrogens (tertiary/aromatic N) is 3. The van der Waals surface area contributed by atoms with Gasteiger partial charge in [0.25, 0.3) is 0 Å². The quantitative estimate of drug-likeness (QED) is 0.674. The molecule has 3 fully saturated rings. The largest absolute Gasteiger partial charge is 0.492 e. The van der Waals surface area contributed by atoms with Gasteiger partial charge in [-0.3, -0.25) is 9.69 Å². The van der Waals surface area contributed by atoms with E-state index in [1.54, 1.807) is 12.1 Å². The van der Waals surface area contributed by atoms with Gasteiger partial charge >= 0.3 is 0 Å². The first-order chi connectivity index (χ1) is 15.7. The van der Waals surface area contributed by atoms with Crippen LogP contribution in [0.1, 0.15) is 56.9 Å². The average Bonchev–Trinajstić information content (AvgIpc) is 3.11. The number of amides is 1. The Kier molecular flexibility index (Phi) is 8.42. The molecule has 1 atom stereocenters. The molecule has 0 spiro atoms. The molecule has 1 aromatic rings. The maximum absolute atomic E-state index is 13.4. The van der Waals surface area contributed by atoms with Crippen LogP contribution >= 0.6 is 0 Å². The third kappa shape index (κ3) is 6.02. The Morgan fingerprint density at radius 3 is 2.66 bits per heavy atom. The molecule has 0 radical (unpaired) electrons. The predicted octanol–water partition coefficient (Wildman–Crippen LogP) is 3.85. The molecule has 4 rings (SSSR count). The fraction of sp³-hybridized carbons (Fsp3) is 0.692. The van der Waals surface area contributed by atoms with Crippen molar-refractivity contribution in [1.29, 1.82) is 5.26 Å². The molecule has 0 bridgehead atoms. The van der Waals surface area contributed by atoms with Crippen molar-refractivity contribution in [3.05, 3.63) is 29.8 Å². The van der Waals surface area contributed by atoms with Crippen LogP contribution in [0.3, 0.4) is 0 Å². The van der Waals surface area contributed by atoms with Crippen LogP contribution in [0.5, 0.6) is 5.75 Å². The molecule has 6 nitrogen and oxygen atoms in total. The van der Waals surface area contributed by atoms with Crippen molar-refractivity contribution >= 4 is 5.91 Å². The summed E-state index contributed by atoms with van der Waals surface area (Å²) in [4.78, 5) is 18.1. The van der Waals surface area contributed by atoms with Gasteiger partial charge in [-0.25, -0.2) is 0 Å². The summed E-state index contributed by atoms with van der Waals surface area (Å²) < 4.78 is 11.4. The van der Waals surface area contributed by atoms with Crippen LogP contribution in [-0.2, 0) is 9.53 Å². The van der Waals surface area contributed by atoms with Crippen molar-refractivity contribution in [1.82, 2.24) is 9.80 Å². The third-order valence-electron chi connectivity index (χ3n) is 7.47. The number of benzene rings is 1. The number of hydrogen-bond acceptors (Lipinski definition) is 5. The Morgan fingerprint density at radius 1 is 1.06 bits per heavy atom. The molecule has 3 aliphatic heterocycles. The molecule has 1 amide bonds. The molecule has 0 aromatic heterocycles. The zero-order valence-corrected chi connectivity index (χ0v) is 19.2. The molecule has 0 aliphatic carbocycles. The van der Waals surface area contributed by atoms with Crippen LogP contribution in [0.2, 0.25) is 0 Å². The predicted molar refractivity (Wildman–Crippen MR) is 123 cm³/mol. The minimum atomic E-state index is 0.168.